The van der Waals surface area contributed by atoms with E-state index >= 15 is 0 Å². The van der Waals surface area contributed by atoms with Crippen LogP contribution in [0.4, 0.5) is 0 Å². The van der Waals surface area contributed by atoms with E-state index in [2.05, 4.69) is 36.1 Å². The molecule has 1 aromatic rings. The van der Waals surface area contributed by atoms with Gasteiger partial charge >= 0.3 is 0 Å². The summed E-state index contributed by atoms with van der Waals surface area (Å²) in [6.45, 7) is 3.02. The van der Waals surface area contributed by atoms with E-state index in [9.17, 15) is 4.79 Å². The number of amides is 1. The van der Waals surface area contributed by atoms with Crippen molar-refractivity contribution in [2.45, 2.75) is 70.5 Å². The lowest BCUT2D eigenvalue weighted by atomic mass is 9.65. The summed E-state index contributed by atoms with van der Waals surface area (Å²) < 4.78 is 0. The molecule has 3 atom stereocenters. The van der Waals surface area contributed by atoms with Crippen LogP contribution in [0.1, 0.15) is 57.4 Å². The van der Waals surface area contributed by atoms with E-state index in [0.29, 0.717) is 35.7 Å². The fourth-order valence-electron chi connectivity index (χ4n) is 5.26. The summed E-state index contributed by atoms with van der Waals surface area (Å²) in [4.78, 5) is 15.7. The summed E-state index contributed by atoms with van der Waals surface area (Å²) in [6.07, 6.45) is 8.33. The number of hydrogen-bond acceptors (Lipinski definition) is 2. The minimum Gasteiger partial charge on any atom is -0.335 e. The van der Waals surface area contributed by atoms with E-state index in [1.165, 1.54) is 37.7 Å². The van der Waals surface area contributed by atoms with E-state index in [1.807, 2.05) is 6.07 Å². The number of halogens is 1. The second kappa shape index (κ2) is 8.31. The number of hydrogen-bond donors (Lipinski definition) is 1. The average molecular weight is 377 g/mol. The van der Waals surface area contributed by atoms with Gasteiger partial charge in [0.05, 0.1) is 0 Å². The predicted octanol–water partition coefficient (Wildman–Crippen LogP) is 4.39. The van der Waals surface area contributed by atoms with Crippen LogP contribution in [0.3, 0.4) is 0 Å². The molecule has 144 valence electrons. The Bertz CT molecular complexity index is 589. The van der Waals surface area contributed by atoms with Gasteiger partial charge < -0.3 is 10.6 Å². The van der Waals surface area contributed by atoms with Gasteiger partial charge in [0.25, 0.3) is 0 Å². The highest BCUT2D eigenvalue weighted by molar-refractivity contribution is 5.85. The zero-order valence-corrected chi connectivity index (χ0v) is 16.7. The minimum absolute atomic E-state index is 0. The molecule has 1 amide bonds. The van der Waals surface area contributed by atoms with E-state index in [1.54, 1.807) is 0 Å². The van der Waals surface area contributed by atoms with Crippen molar-refractivity contribution in [3.05, 3.63) is 35.9 Å². The highest BCUT2D eigenvalue weighted by Crippen LogP contribution is 2.43. The molecule has 3 aliphatic carbocycles. The van der Waals surface area contributed by atoms with Gasteiger partial charge in [0.15, 0.2) is 0 Å². The number of nitrogens with zero attached hydrogens (tertiary/aromatic N) is 1. The van der Waals surface area contributed by atoms with Crippen molar-refractivity contribution < 1.29 is 4.79 Å². The number of nitrogens with two attached hydrogens (primary N) is 1. The molecule has 3 unspecified atom stereocenters. The summed E-state index contributed by atoms with van der Waals surface area (Å²) in [7, 11) is 0. The van der Waals surface area contributed by atoms with Crippen molar-refractivity contribution in [1.29, 1.82) is 0 Å². The monoisotopic (exact) mass is 376 g/mol. The number of carbonyl (C=O) groups excluding carboxylic acids is 1. The fourth-order valence-corrected chi connectivity index (χ4v) is 5.26. The second-order valence-corrected chi connectivity index (χ2v) is 8.73. The third kappa shape index (κ3) is 4.09. The van der Waals surface area contributed by atoms with Gasteiger partial charge in [-0.3, -0.25) is 4.79 Å². The Labute approximate surface area is 164 Å². The summed E-state index contributed by atoms with van der Waals surface area (Å²) in [6, 6.07) is 11.2. The quantitative estimate of drug-likeness (QED) is 0.828. The van der Waals surface area contributed by atoms with Gasteiger partial charge in [-0.1, -0.05) is 36.8 Å². The van der Waals surface area contributed by atoms with Gasteiger partial charge in [-0.25, -0.2) is 0 Å². The molecular formula is C22H33ClN2O. The van der Waals surface area contributed by atoms with Gasteiger partial charge in [-0.2, -0.15) is 0 Å². The van der Waals surface area contributed by atoms with Gasteiger partial charge in [0.1, 0.15) is 0 Å². The molecule has 0 saturated heterocycles. The van der Waals surface area contributed by atoms with Gasteiger partial charge in [-0.15, -0.1) is 12.4 Å². The summed E-state index contributed by atoms with van der Waals surface area (Å²) in [5.41, 5.74) is 7.69. The molecule has 0 aliphatic heterocycles. The molecule has 0 heterocycles. The third-order valence-electron chi connectivity index (χ3n) is 7.04. The van der Waals surface area contributed by atoms with E-state index in [-0.39, 0.29) is 18.3 Å². The van der Waals surface area contributed by atoms with Crippen molar-refractivity contribution in [3.63, 3.8) is 0 Å². The number of benzene rings is 1. The lowest BCUT2D eigenvalue weighted by molar-refractivity contribution is -0.142. The van der Waals surface area contributed by atoms with Crippen molar-refractivity contribution in [1.82, 2.24) is 4.90 Å². The molecule has 3 fully saturated rings. The Morgan fingerprint density at radius 1 is 1.12 bits per heavy atom. The normalized spacial score (nSPS) is 31.6. The minimum atomic E-state index is 0. The lowest BCUT2D eigenvalue weighted by Gasteiger charge is -2.45. The summed E-state index contributed by atoms with van der Waals surface area (Å²) >= 11 is 0. The molecule has 1 aromatic carbocycles. The first-order valence-corrected chi connectivity index (χ1v) is 10.2. The van der Waals surface area contributed by atoms with Crippen LogP contribution in [-0.4, -0.2) is 22.9 Å². The molecule has 0 aromatic heterocycles. The van der Waals surface area contributed by atoms with Crippen molar-refractivity contribution in [3.8, 4) is 0 Å². The number of fused-ring (bicyclic) bond motifs is 2. The Kier molecular flexibility index (Phi) is 6.29. The molecule has 0 spiro atoms. The highest BCUT2D eigenvalue weighted by Gasteiger charge is 2.43. The molecule has 2 bridgehead atoms. The first kappa shape index (κ1) is 19.7. The standard InChI is InChI=1S/C22H32N2O.ClH/c1-15(17-10-11-17)24(14-16-6-3-2-4-7-16)22(25)20-12-18-8-5-9-19(13-20)21(18)23;/h2-4,6-7,15,17-21H,5,8-14,23H2,1H3;1H. The van der Waals surface area contributed by atoms with Gasteiger partial charge in [-0.05, 0) is 68.8 Å². The zero-order chi connectivity index (χ0) is 17.4. The predicted molar refractivity (Wildman–Crippen MR) is 108 cm³/mol. The fraction of sp³-hybridized carbons (Fsp3) is 0.682. The Balaban J connectivity index is 0.00000196. The van der Waals surface area contributed by atoms with Crippen LogP contribution in [0.25, 0.3) is 0 Å². The smallest absolute Gasteiger partial charge is 0.226 e. The third-order valence-corrected chi connectivity index (χ3v) is 7.04. The van der Waals surface area contributed by atoms with Crippen LogP contribution >= 0.6 is 12.4 Å². The van der Waals surface area contributed by atoms with Gasteiger partial charge in [0.2, 0.25) is 5.91 Å². The lowest BCUT2D eigenvalue weighted by Crippen LogP contribution is -2.51. The Morgan fingerprint density at radius 3 is 2.31 bits per heavy atom. The topological polar surface area (TPSA) is 46.3 Å². The Morgan fingerprint density at radius 2 is 1.73 bits per heavy atom. The van der Waals surface area contributed by atoms with Crippen LogP contribution in [0.5, 0.6) is 0 Å². The SMILES string of the molecule is CC(C1CC1)N(Cc1ccccc1)C(=O)C1CC2CCCC(C1)C2N.Cl. The van der Waals surface area contributed by atoms with Crippen LogP contribution in [0.2, 0.25) is 0 Å². The summed E-state index contributed by atoms with van der Waals surface area (Å²) in [5.74, 6) is 2.43. The first-order chi connectivity index (χ1) is 12.1. The van der Waals surface area contributed by atoms with Crippen molar-refractivity contribution in [2.75, 3.05) is 0 Å². The van der Waals surface area contributed by atoms with Crippen LogP contribution in [0.15, 0.2) is 30.3 Å². The van der Waals surface area contributed by atoms with Crippen molar-refractivity contribution >= 4 is 18.3 Å². The maximum Gasteiger partial charge on any atom is 0.226 e. The molecule has 3 aliphatic rings. The van der Waals surface area contributed by atoms with Gasteiger partial charge in [0, 0.05) is 24.5 Å². The molecule has 2 N–H and O–H groups in total. The number of rotatable bonds is 5. The maximum atomic E-state index is 13.5. The highest BCUT2D eigenvalue weighted by atomic mass is 35.5. The van der Waals surface area contributed by atoms with E-state index in [4.69, 9.17) is 5.73 Å². The maximum absolute atomic E-state index is 13.5. The van der Waals surface area contributed by atoms with Crippen LogP contribution in [-0.2, 0) is 11.3 Å². The largest absolute Gasteiger partial charge is 0.335 e. The van der Waals surface area contributed by atoms with E-state index < -0.39 is 0 Å². The first-order valence-electron chi connectivity index (χ1n) is 10.2. The molecular weight excluding hydrogens is 344 g/mol. The summed E-state index contributed by atoms with van der Waals surface area (Å²) in [5, 5.41) is 0. The number of carbonyl (C=O) groups is 1. The Hall–Kier alpha value is -1.06. The second-order valence-electron chi connectivity index (χ2n) is 8.73. The zero-order valence-electron chi connectivity index (χ0n) is 15.8. The molecule has 26 heavy (non-hydrogen) atoms. The average Bonchev–Trinajstić information content (AvgIpc) is 3.44. The van der Waals surface area contributed by atoms with Crippen LogP contribution in [0, 0.1) is 23.7 Å². The van der Waals surface area contributed by atoms with Crippen LogP contribution < -0.4 is 5.73 Å². The molecule has 4 heteroatoms. The molecule has 3 saturated carbocycles. The van der Waals surface area contributed by atoms with Crippen molar-refractivity contribution in [2.24, 2.45) is 29.4 Å². The van der Waals surface area contributed by atoms with E-state index in [0.717, 1.165) is 19.4 Å². The molecule has 0 radical (unpaired) electrons. The molecule has 4 rings (SSSR count). The molecule has 3 nitrogen and oxygen atoms in total.